The lowest BCUT2D eigenvalue weighted by Crippen LogP contribution is -2.25. The van der Waals surface area contributed by atoms with E-state index in [0.29, 0.717) is 19.1 Å². The molecular formula is C11H21NO4. The van der Waals surface area contributed by atoms with Crippen LogP contribution in [0.15, 0.2) is 0 Å². The van der Waals surface area contributed by atoms with Crippen molar-refractivity contribution >= 4 is 11.9 Å². The molecule has 94 valence electrons. The van der Waals surface area contributed by atoms with Gasteiger partial charge < -0.3 is 15.2 Å². The summed E-state index contributed by atoms with van der Waals surface area (Å²) in [6, 6.07) is 0. The minimum atomic E-state index is -0.949. The summed E-state index contributed by atoms with van der Waals surface area (Å²) in [5.74, 6) is -0.646. The van der Waals surface area contributed by atoms with E-state index in [1.54, 1.807) is 0 Å². The number of hydrogen-bond donors (Lipinski definition) is 2. The zero-order valence-corrected chi connectivity index (χ0v) is 9.99. The van der Waals surface area contributed by atoms with Crippen molar-refractivity contribution in [3.8, 4) is 0 Å². The maximum Gasteiger partial charge on any atom is 0.303 e. The van der Waals surface area contributed by atoms with Gasteiger partial charge in [0.25, 0.3) is 0 Å². The van der Waals surface area contributed by atoms with Crippen LogP contribution < -0.4 is 5.32 Å². The molecule has 0 radical (unpaired) electrons. The molecule has 0 bridgehead atoms. The Labute approximate surface area is 96.2 Å². The van der Waals surface area contributed by atoms with Crippen molar-refractivity contribution in [1.29, 1.82) is 0 Å². The van der Waals surface area contributed by atoms with E-state index in [1.165, 1.54) is 0 Å². The number of hydrogen-bond acceptors (Lipinski definition) is 3. The molecule has 5 nitrogen and oxygen atoms in total. The van der Waals surface area contributed by atoms with Gasteiger partial charge in [-0.3, -0.25) is 9.59 Å². The van der Waals surface area contributed by atoms with E-state index in [9.17, 15) is 9.59 Å². The summed E-state index contributed by atoms with van der Waals surface area (Å²) in [5, 5.41) is 11.0. The van der Waals surface area contributed by atoms with Gasteiger partial charge >= 0.3 is 5.97 Å². The van der Waals surface area contributed by atoms with Gasteiger partial charge in [0.05, 0.1) is 6.42 Å². The fraction of sp³-hybridized carbons (Fsp3) is 0.818. The van der Waals surface area contributed by atoms with Crippen LogP contribution in [0.4, 0.5) is 0 Å². The Morgan fingerprint density at radius 2 is 2.00 bits per heavy atom. The Morgan fingerprint density at radius 1 is 1.31 bits per heavy atom. The van der Waals surface area contributed by atoms with Crippen molar-refractivity contribution in [2.45, 2.75) is 33.1 Å². The Kier molecular flexibility index (Phi) is 8.52. The van der Waals surface area contributed by atoms with Gasteiger partial charge in [0, 0.05) is 26.2 Å². The largest absolute Gasteiger partial charge is 0.481 e. The zero-order valence-electron chi connectivity index (χ0n) is 9.99. The number of carboxylic acids is 1. The molecule has 0 aliphatic heterocycles. The van der Waals surface area contributed by atoms with Gasteiger partial charge in [-0.1, -0.05) is 13.8 Å². The van der Waals surface area contributed by atoms with E-state index in [1.807, 2.05) is 0 Å². The second-order valence-corrected chi connectivity index (χ2v) is 4.07. The number of nitrogens with one attached hydrogen (secondary N) is 1. The first-order valence-electron chi connectivity index (χ1n) is 5.58. The molecular weight excluding hydrogens is 210 g/mol. The van der Waals surface area contributed by atoms with Gasteiger partial charge in [-0.25, -0.2) is 0 Å². The molecule has 0 saturated carbocycles. The first-order chi connectivity index (χ1) is 7.52. The van der Waals surface area contributed by atoms with Crippen molar-refractivity contribution in [3.05, 3.63) is 0 Å². The third kappa shape index (κ3) is 11.0. The van der Waals surface area contributed by atoms with E-state index in [0.717, 1.165) is 13.0 Å². The van der Waals surface area contributed by atoms with Crippen LogP contribution in [0.25, 0.3) is 0 Å². The Morgan fingerprint density at radius 3 is 2.56 bits per heavy atom. The second-order valence-electron chi connectivity index (χ2n) is 4.07. The van der Waals surface area contributed by atoms with Crippen molar-refractivity contribution in [2.24, 2.45) is 5.92 Å². The average Bonchev–Trinajstić information content (AvgIpc) is 2.19. The molecule has 0 aromatic rings. The predicted octanol–water partition coefficient (Wildman–Crippen LogP) is 1.03. The maximum absolute atomic E-state index is 11.1. The van der Waals surface area contributed by atoms with E-state index in [2.05, 4.69) is 19.2 Å². The standard InChI is InChI=1S/C11H21NO4/c1-9(2)8-16-7-3-6-12-10(13)4-5-11(14)15/h9H,3-8H2,1-2H3,(H,12,13)(H,14,15). The number of carbonyl (C=O) groups is 2. The van der Waals surface area contributed by atoms with Crippen molar-refractivity contribution in [2.75, 3.05) is 19.8 Å². The number of ether oxygens (including phenoxy) is 1. The number of carbonyl (C=O) groups excluding carboxylic acids is 1. The summed E-state index contributed by atoms with van der Waals surface area (Å²) in [6.45, 7) is 6.04. The quantitative estimate of drug-likeness (QED) is 0.581. The highest BCUT2D eigenvalue weighted by Gasteiger charge is 2.04. The molecule has 1 amide bonds. The van der Waals surface area contributed by atoms with E-state index >= 15 is 0 Å². The van der Waals surface area contributed by atoms with Crippen molar-refractivity contribution in [1.82, 2.24) is 5.32 Å². The number of aliphatic carboxylic acids is 1. The lowest BCUT2D eigenvalue weighted by Gasteiger charge is -2.07. The van der Waals surface area contributed by atoms with Crippen LogP contribution in [0.3, 0.4) is 0 Å². The van der Waals surface area contributed by atoms with Gasteiger partial charge in [0.15, 0.2) is 0 Å². The van der Waals surface area contributed by atoms with Gasteiger partial charge in [-0.15, -0.1) is 0 Å². The lowest BCUT2D eigenvalue weighted by atomic mass is 10.2. The van der Waals surface area contributed by atoms with E-state index in [-0.39, 0.29) is 18.7 Å². The number of carboxylic acid groups (broad SMARTS) is 1. The Hall–Kier alpha value is -1.10. The SMILES string of the molecule is CC(C)COCCCNC(=O)CCC(=O)O. The first kappa shape index (κ1) is 14.9. The predicted molar refractivity (Wildman–Crippen MR) is 60.2 cm³/mol. The van der Waals surface area contributed by atoms with Crippen LogP contribution in [0.2, 0.25) is 0 Å². The van der Waals surface area contributed by atoms with Crippen LogP contribution >= 0.6 is 0 Å². The third-order valence-electron chi connectivity index (χ3n) is 1.80. The molecule has 5 heteroatoms. The molecule has 16 heavy (non-hydrogen) atoms. The molecule has 0 heterocycles. The van der Waals surface area contributed by atoms with Crippen LogP contribution in [0, 0.1) is 5.92 Å². The molecule has 0 spiro atoms. The Balaban J connectivity index is 3.24. The normalized spacial score (nSPS) is 10.4. The molecule has 0 aromatic carbocycles. The Bertz CT molecular complexity index is 216. The first-order valence-corrected chi connectivity index (χ1v) is 5.58. The minimum absolute atomic E-state index is 0.0438. The monoisotopic (exact) mass is 231 g/mol. The third-order valence-corrected chi connectivity index (χ3v) is 1.80. The summed E-state index contributed by atoms with van der Waals surface area (Å²) >= 11 is 0. The molecule has 0 unspecified atom stereocenters. The lowest BCUT2D eigenvalue weighted by molar-refractivity contribution is -0.138. The van der Waals surface area contributed by atoms with Crippen molar-refractivity contribution in [3.63, 3.8) is 0 Å². The molecule has 0 saturated heterocycles. The fourth-order valence-electron chi connectivity index (χ4n) is 1.03. The summed E-state index contributed by atoms with van der Waals surface area (Å²) in [5.41, 5.74) is 0. The van der Waals surface area contributed by atoms with Gasteiger partial charge in [0.1, 0.15) is 0 Å². The molecule has 0 rings (SSSR count). The minimum Gasteiger partial charge on any atom is -0.481 e. The molecule has 2 N–H and O–H groups in total. The van der Waals surface area contributed by atoms with Crippen LogP contribution in [0.5, 0.6) is 0 Å². The summed E-state index contributed by atoms with van der Waals surface area (Å²) in [6.07, 6.45) is 0.684. The fourth-order valence-corrected chi connectivity index (χ4v) is 1.03. The highest BCUT2D eigenvalue weighted by Crippen LogP contribution is 1.93. The summed E-state index contributed by atoms with van der Waals surface area (Å²) in [7, 11) is 0. The maximum atomic E-state index is 11.1. The zero-order chi connectivity index (χ0) is 12.4. The van der Waals surface area contributed by atoms with Crippen LogP contribution in [-0.2, 0) is 14.3 Å². The highest BCUT2D eigenvalue weighted by molar-refractivity contribution is 5.80. The smallest absolute Gasteiger partial charge is 0.303 e. The molecule has 0 fully saturated rings. The van der Waals surface area contributed by atoms with Gasteiger partial charge in [-0.05, 0) is 12.3 Å². The highest BCUT2D eigenvalue weighted by atomic mass is 16.5. The van der Waals surface area contributed by atoms with E-state index in [4.69, 9.17) is 9.84 Å². The van der Waals surface area contributed by atoms with Crippen molar-refractivity contribution < 1.29 is 19.4 Å². The van der Waals surface area contributed by atoms with E-state index < -0.39 is 5.97 Å². The summed E-state index contributed by atoms with van der Waals surface area (Å²) < 4.78 is 5.33. The molecule has 0 aliphatic rings. The van der Waals surface area contributed by atoms with Gasteiger partial charge in [0.2, 0.25) is 5.91 Å². The summed E-state index contributed by atoms with van der Waals surface area (Å²) in [4.78, 5) is 21.3. The second kappa shape index (κ2) is 9.15. The number of rotatable bonds is 9. The van der Waals surface area contributed by atoms with Crippen LogP contribution in [0.1, 0.15) is 33.1 Å². The number of amides is 1. The topological polar surface area (TPSA) is 75.6 Å². The molecule has 0 aromatic heterocycles. The molecule has 0 atom stereocenters. The van der Waals surface area contributed by atoms with Crippen LogP contribution in [-0.4, -0.2) is 36.7 Å². The van der Waals surface area contributed by atoms with Gasteiger partial charge in [-0.2, -0.15) is 0 Å². The molecule has 0 aliphatic carbocycles. The average molecular weight is 231 g/mol.